The van der Waals surface area contributed by atoms with Crippen LogP contribution in [0.5, 0.6) is 0 Å². The Morgan fingerprint density at radius 2 is 1.62 bits per heavy atom. The first-order valence-corrected chi connectivity index (χ1v) is 15.8. The number of carbonyl (C=O) groups excluding carboxylic acids is 4. The third kappa shape index (κ3) is 5.96. The predicted molar refractivity (Wildman–Crippen MR) is 165 cm³/mol. The Bertz CT molecular complexity index is 1960. The van der Waals surface area contributed by atoms with E-state index in [1.54, 1.807) is 6.92 Å². The van der Waals surface area contributed by atoms with Gasteiger partial charge in [0.15, 0.2) is 0 Å². The number of anilines is 2. The Labute approximate surface area is 272 Å². The van der Waals surface area contributed by atoms with Gasteiger partial charge in [0.05, 0.1) is 34.4 Å². The fraction of sp³-hybridized carbons (Fsp3) is 0.219. The number of carbonyl (C=O) groups is 4. The zero-order valence-corrected chi connectivity index (χ0v) is 25.9. The normalized spacial score (nSPS) is 18.9. The number of esters is 1. The van der Waals surface area contributed by atoms with E-state index in [1.165, 1.54) is 42.5 Å². The summed E-state index contributed by atoms with van der Waals surface area (Å²) in [5.74, 6) is -5.74. The van der Waals surface area contributed by atoms with E-state index >= 15 is 0 Å². The minimum Gasteiger partial charge on any atom is -0.462 e. The lowest BCUT2D eigenvalue weighted by molar-refractivity contribution is -0.137. The maximum Gasteiger partial charge on any atom is 0.418 e. The molecule has 0 aliphatic carbocycles. The van der Waals surface area contributed by atoms with Gasteiger partial charge in [-0.15, -0.1) is 0 Å². The van der Waals surface area contributed by atoms with Crippen LogP contribution in [0.2, 0.25) is 0 Å². The molecule has 1 fully saturated rings. The lowest BCUT2D eigenvalue weighted by Crippen LogP contribution is -2.33. The van der Waals surface area contributed by atoms with Gasteiger partial charge in [0.1, 0.15) is 17.6 Å². The molecule has 0 unspecified atom stereocenters. The number of para-hydroxylation sites is 1. The number of halogens is 4. The van der Waals surface area contributed by atoms with Crippen LogP contribution < -0.4 is 15.1 Å². The number of thiazole rings is 1. The number of amides is 3. The summed E-state index contributed by atoms with van der Waals surface area (Å²) >= 11 is 1.57. The summed E-state index contributed by atoms with van der Waals surface area (Å²) in [5.41, 5.74) is -0.810. The van der Waals surface area contributed by atoms with Gasteiger partial charge in [0.25, 0.3) is 0 Å². The molecule has 3 heterocycles. The zero-order valence-electron chi connectivity index (χ0n) is 24.2. The van der Waals surface area contributed by atoms with Crippen molar-refractivity contribution >= 4 is 58.2 Å². The number of rotatable bonds is 7. The lowest BCUT2D eigenvalue weighted by Gasteiger charge is -2.30. The fourth-order valence-corrected chi connectivity index (χ4v) is 8.45. The lowest BCUT2D eigenvalue weighted by atomic mass is 9.83. The summed E-state index contributed by atoms with van der Waals surface area (Å²) in [7, 11) is 0. The summed E-state index contributed by atoms with van der Waals surface area (Å²) in [6.07, 6.45) is -4.86. The van der Waals surface area contributed by atoms with Gasteiger partial charge in [-0.3, -0.25) is 23.7 Å². The topological polar surface area (TPSA) is 115 Å². The second kappa shape index (κ2) is 12.4. The zero-order chi connectivity index (χ0) is 33.6. The van der Waals surface area contributed by atoms with Crippen molar-refractivity contribution in [2.24, 2.45) is 5.92 Å². The third-order valence-electron chi connectivity index (χ3n) is 7.71. The highest BCUT2D eigenvalue weighted by Gasteiger charge is 2.57. The minimum atomic E-state index is -4.86. The Morgan fingerprint density at radius 3 is 2.28 bits per heavy atom. The number of nitrogens with zero attached hydrogens (tertiary/aromatic N) is 2. The molecule has 1 saturated heterocycles. The Morgan fingerprint density at radius 1 is 0.936 bits per heavy atom. The fourth-order valence-electron chi connectivity index (χ4n) is 5.68. The van der Waals surface area contributed by atoms with E-state index in [2.05, 4.69) is 5.32 Å². The van der Waals surface area contributed by atoms with Crippen molar-refractivity contribution in [2.75, 3.05) is 16.8 Å². The van der Waals surface area contributed by atoms with Gasteiger partial charge in [-0.25, -0.2) is 14.1 Å². The van der Waals surface area contributed by atoms with Gasteiger partial charge in [0.2, 0.25) is 17.7 Å². The summed E-state index contributed by atoms with van der Waals surface area (Å²) in [6, 6.07) is 15.2. The van der Waals surface area contributed by atoms with Gasteiger partial charge in [-0.05, 0) is 61.0 Å². The molecule has 3 atom stereocenters. The summed E-state index contributed by atoms with van der Waals surface area (Å²) in [4.78, 5) is 66.4. The summed E-state index contributed by atoms with van der Waals surface area (Å²) in [6.45, 7) is 1.37. The van der Waals surface area contributed by atoms with Gasteiger partial charge < -0.3 is 10.1 Å². The molecule has 242 valence electrons. The van der Waals surface area contributed by atoms with Crippen LogP contribution in [0.4, 0.5) is 28.9 Å². The van der Waals surface area contributed by atoms with Gasteiger partial charge in [-0.2, -0.15) is 13.2 Å². The van der Waals surface area contributed by atoms with Crippen LogP contribution in [-0.4, -0.2) is 40.1 Å². The van der Waals surface area contributed by atoms with Crippen LogP contribution in [0, 0.1) is 11.7 Å². The molecule has 0 spiro atoms. The van der Waals surface area contributed by atoms with E-state index in [9.17, 15) is 41.5 Å². The number of thioether (sulfide) groups is 1. The Kier molecular flexibility index (Phi) is 8.53. The monoisotopic (exact) mass is 685 g/mol. The molecule has 2 aliphatic heterocycles. The van der Waals surface area contributed by atoms with Crippen LogP contribution in [0.15, 0.2) is 82.6 Å². The van der Waals surface area contributed by atoms with E-state index < -0.39 is 75.4 Å². The second-order valence-electron chi connectivity index (χ2n) is 10.6. The molecule has 9 nitrogen and oxygen atoms in total. The number of benzene rings is 3. The van der Waals surface area contributed by atoms with Gasteiger partial charge in [0, 0.05) is 16.5 Å². The number of fused-ring (bicyclic) bond motifs is 2. The molecule has 0 saturated carbocycles. The average molecular weight is 686 g/mol. The summed E-state index contributed by atoms with van der Waals surface area (Å²) in [5, 5.41) is 1.60. The Balaban J connectivity index is 1.36. The predicted octanol–water partition coefficient (Wildman–Crippen LogP) is 5.68. The van der Waals surface area contributed by atoms with Crippen LogP contribution in [0.1, 0.15) is 39.2 Å². The van der Waals surface area contributed by atoms with E-state index in [-0.39, 0.29) is 17.2 Å². The van der Waals surface area contributed by atoms with E-state index in [1.807, 2.05) is 0 Å². The number of ether oxygens (including phenoxy) is 1. The van der Waals surface area contributed by atoms with Crippen molar-refractivity contribution < 1.29 is 41.5 Å². The molecule has 1 aromatic heterocycles. The maximum absolute atomic E-state index is 13.9. The van der Waals surface area contributed by atoms with Crippen LogP contribution in [0.25, 0.3) is 0 Å². The van der Waals surface area contributed by atoms with Gasteiger partial charge in [-0.1, -0.05) is 47.4 Å². The van der Waals surface area contributed by atoms with Gasteiger partial charge >= 0.3 is 17.0 Å². The summed E-state index contributed by atoms with van der Waals surface area (Å²) < 4.78 is 61.9. The maximum atomic E-state index is 13.9. The number of imide groups is 1. The molecule has 15 heteroatoms. The highest BCUT2D eigenvalue weighted by molar-refractivity contribution is 8.00. The third-order valence-corrected chi connectivity index (χ3v) is 10.3. The number of hydrogen-bond donors (Lipinski definition) is 1. The number of hydrogen-bond acceptors (Lipinski definition) is 8. The molecule has 47 heavy (non-hydrogen) atoms. The molecule has 6 rings (SSSR count). The highest BCUT2D eigenvalue weighted by atomic mass is 32.2. The molecule has 4 aromatic rings. The van der Waals surface area contributed by atoms with Crippen molar-refractivity contribution in [3.63, 3.8) is 0 Å². The molecular formula is C32H23F4N3O6S2. The highest BCUT2D eigenvalue weighted by Crippen LogP contribution is 2.54. The average Bonchev–Trinajstić information content (AvgIpc) is 3.47. The van der Waals surface area contributed by atoms with Crippen molar-refractivity contribution in [3.8, 4) is 0 Å². The molecule has 3 aromatic carbocycles. The SMILES string of the molecule is CCOC(=O)c1ccc(NC(=O)Cn2c3c(sc2=O)[C@@H](c2ccc(F)cc2)[C@@H]2C(=O)N(c4ccccc4C(F)(F)F)C(=O)[C@@H]2S3)cc1. The number of nitrogens with one attached hydrogen (secondary N) is 1. The smallest absolute Gasteiger partial charge is 0.418 e. The molecular weight excluding hydrogens is 662 g/mol. The molecule has 3 amide bonds. The van der Waals surface area contributed by atoms with Crippen molar-refractivity contribution in [1.82, 2.24) is 4.57 Å². The number of aromatic nitrogens is 1. The van der Waals surface area contributed by atoms with Crippen molar-refractivity contribution in [2.45, 2.75) is 35.8 Å². The minimum absolute atomic E-state index is 0.192. The number of alkyl halides is 3. The van der Waals surface area contributed by atoms with Crippen LogP contribution in [-0.2, 0) is 31.8 Å². The quantitative estimate of drug-likeness (QED) is 0.151. The second-order valence-corrected chi connectivity index (χ2v) is 12.7. The first-order chi connectivity index (χ1) is 22.4. The standard InChI is InChI=1S/C32H23F4N3O6S2/c1-2-45-30(43)17-9-13-19(14-10-17)37-22(40)15-38-29-26(47-31(38)44)23(16-7-11-18(33)12-8-16)24-25(46-29)28(42)39(27(24)41)21-6-4-3-5-20(21)32(34,35)36/h3-14,23-25H,2,15H2,1H3,(H,37,40)/t23-,24-,25+/m0/s1. The van der Waals surface area contributed by atoms with E-state index in [4.69, 9.17) is 4.74 Å². The molecule has 2 aliphatic rings. The molecule has 0 radical (unpaired) electrons. The Hall–Kier alpha value is -4.76. The van der Waals surface area contributed by atoms with Crippen molar-refractivity contribution in [3.05, 3.63) is 110 Å². The molecule has 1 N–H and O–H groups in total. The first-order valence-electron chi connectivity index (χ1n) is 14.2. The first kappa shape index (κ1) is 32.2. The molecule has 0 bridgehead atoms. The largest absolute Gasteiger partial charge is 0.462 e. The van der Waals surface area contributed by atoms with Crippen LogP contribution >= 0.6 is 23.1 Å². The van der Waals surface area contributed by atoms with E-state index in [0.717, 1.165) is 58.0 Å². The van der Waals surface area contributed by atoms with E-state index in [0.29, 0.717) is 21.0 Å². The van der Waals surface area contributed by atoms with Crippen molar-refractivity contribution in [1.29, 1.82) is 0 Å². The van der Waals surface area contributed by atoms with Crippen LogP contribution in [0.3, 0.4) is 0 Å².